The Kier molecular flexibility index (Phi) is 7.45. The van der Waals surface area contributed by atoms with Gasteiger partial charge in [0.25, 0.3) is 0 Å². The maximum absolute atomic E-state index is 13.2. The van der Waals surface area contributed by atoms with Gasteiger partial charge in [-0.05, 0) is 67.2 Å². The van der Waals surface area contributed by atoms with E-state index in [9.17, 15) is 4.79 Å². The van der Waals surface area contributed by atoms with Gasteiger partial charge in [0.05, 0.1) is 28.4 Å². The quantitative estimate of drug-likeness (QED) is 0.522. The molecule has 0 aromatic heterocycles. The van der Waals surface area contributed by atoms with Crippen LogP contribution in [0.5, 0.6) is 23.0 Å². The van der Waals surface area contributed by atoms with Crippen LogP contribution in [-0.4, -0.2) is 45.3 Å². The molecule has 0 saturated heterocycles. The highest BCUT2D eigenvalue weighted by Gasteiger charge is 2.33. The van der Waals surface area contributed by atoms with Gasteiger partial charge in [-0.1, -0.05) is 12.1 Å². The van der Waals surface area contributed by atoms with Crippen LogP contribution in [0.2, 0.25) is 0 Å². The fourth-order valence-corrected chi connectivity index (χ4v) is 3.64. The fourth-order valence-electron chi connectivity index (χ4n) is 3.64. The zero-order valence-electron chi connectivity index (χ0n) is 18.9. The van der Waals surface area contributed by atoms with Crippen molar-refractivity contribution in [1.82, 2.24) is 4.90 Å². The molecule has 0 spiro atoms. The van der Waals surface area contributed by atoms with Gasteiger partial charge in [0, 0.05) is 18.7 Å². The van der Waals surface area contributed by atoms with Crippen LogP contribution in [0, 0.1) is 5.92 Å². The normalized spacial score (nSPS) is 14.2. The summed E-state index contributed by atoms with van der Waals surface area (Å²) < 4.78 is 21.4. The minimum atomic E-state index is -0.0241. The Morgan fingerprint density at radius 2 is 1.61 bits per heavy atom. The number of ether oxygens (including phenoxy) is 4. The van der Waals surface area contributed by atoms with Crippen molar-refractivity contribution in [2.24, 2.45) is 5.92 Å². The number of hydrogen-bond donors (Lipinski definition) is 0. The third-order valence-electron chi connectivity index (χ3n) is 5.70. The van der Waals surface area contributed by atoms with Gasteiger partial charge in [-0.2, -0.15) is 0 Å². The van der Waals surface area contributed by atoms with Crippen molar-refractivity contribution >= 4 is 12.0 Å². The number of benzene rings is 2. The molecule has 1 amide bonds. The average Bonchev–Trinajstić information content (AvgIpc) is 3.65. The van der Waals surface area contributed by atoms with Crippen LogP contribution in [0.1, 0.15) is 30.9 Å². The number of methoxy groups -OCH3 is 4. The standard InChI is InChI=1S/C25H31NO5/c1-17(20-9-10-20)26(16-18-6-11-21(28-2)12-7-18)24(27)13-8-19-14-22(29-3)25(31-5)23(15-19)30-4/h6-8,11-15,17,20H,9-10,16H2,1-5H3/b13-8+/t17-/m0/s1. The second kappa shape index (κ2) is 10.2. The van der Waals surface area contributed by atoms with Crippen LogP contribution in [0.15, 0.2) is 42.5 Å². The Hall–Kier alpha value is -3.15. The van der Waals surface area contributed by atoms with Crippen molar-refractivity contribution in [2.45, 2.75) is 32.4 Å². The van der Waals surface area contributed by atoms with Gasteiger partial charge in [0.2, 0.25) is 11.7 Å². The maximum Gasteiger partial charge on any atom is 0.247 e. The third kappa shape index (κ3) is 5.51. The Morgan fingerprint density at radius 1 is 1.00 bits per heavy atom. The summed E-state index contributed by atoms with van der Waals surface area (Å²) in [4.78, 5) is 15.1. The molecule has 0 N–H and O–H groups in total. The second-order valence-electron chi connectivity index (χ2n) is 7.68. The molecule has 0 aliphatic heterocycles. The van der Waals surface area contributed by atoms with Gasteiger partial charge in [-0.3, -0.25) is 4.79 Å². The molecule has 0 heterocycles. The predicted molar refractivity (Wildman–Crippen MR) is 121 cm³/mol. The lowest BCUT2D eigenvalue weighted by molar-refractivity contribution is -0.129. The molecule has 1 saturated carbocycles. The third-order valence-corrected chi connectivity index (χ3v) is 5.70. The van der Waals surface area contributed by atoms with Crippen LogP contribution in [-0.2, 0) is 11.3 Å². The first-order valence-electron chi connectivity index (χ1n) is 10.4. The minimum Gasteiger partial charge on any atom is -0.497 e. The first-order chi connectivity index (χ1) is 15.0. The van der Waals surface area contributed by atoms with Gasteiger partial charge in [-0.25, -0.2) is 0 Å². The Balaban J connectivity index is 1.81. The zero-order valence-corrected chi connectivity index (χ0v) is 18.9. The molecule has 166 valence electrons. The van der Waals surface area contributed by atoms with E-state index in [0.717, 1.165) is 16.9 Å². The Labute approximate surface area is 184 Å². The molecule has 31 heavy (non-hydrogen) atoms. The number of amides is 1. The summed E-state index contributed by atoms with van der Waals surface area (Å²) in [5, 5.41) is 0. The largest absolute Gasteiger partial charge is 0.497 e. The molecule has 2 aromatic carbocycles. The summed E-state index contributed by atoms with van der Waals surface area (Å²) in [6.07, 6.45) is 5.74. The van der Waals surface area contributed by atoms with Crippen molar-refractivity contribution in [3.63, 3.8) is 0 Å². The fraction of sp³-hybridized carbons (Fsp3) is 0.400. The highest BCUT2D eigenvalue weighted by Crippen LogP contribution is 2.39. The van der Waals surface area contributed by atoms with Gasteiger partial charge >= 0.3 is 0 Å². The highest BCUT2D eigenvalue weighted by molar-refractivity contribution is 5.92. The van der Waals surface area contributed by atoms with Crippen LogP contribution in [0.4, 0.5) is 0 Å². The number of carbonyl (C=O) groups is 1. The number of hydrogen-bond acceptors (Lipinski definition) is 5. The van der Waals surface area contributed by atoms with Crippen molar-refractivity contribution in [3.05, 3.63) is 53.6 Å². The molecule has 0 unspecified atom stereocenters. The van der Waals surface area contributed by atoms with E-state index in [1.54, 1.807) is 40.6 Å². The second-order valence-corrected chi connectivity index (χ2v) is 7.68. The van der Waals surface area contributed by atoms with E-state index in [-0.39, 0.29) is 11.9 Å². The van der Waals surface area contributed by atoms with Crippen molar-refractivity contribution in [1.29, 1.82) is 0 Å². The van der Waals surface area contributed by atoms with E-state index in [1.165, 1.54) is 12.8 Å². The number of nitrogens with zero attached hydrogens (tertiary/aromatic N) is 1. The summed E-state index contributed by atoms with van der Waals surface area (Å²) in [6, 6.07) is 11.7. The van der Waals surface area contributed by atoms with E-state index in [0.29, 0.717) is 29.7 Å². The SMILES string of the molecule is COc1ccc(CN(C(=O)/C=C/c2cc(OC)c(OC)c(OC)c2)[C@@H](C)C2CC2)cc1. The highest BCUT2D eigenvalue weighted by atomic mass is 16.5. The van der Waals surface area contributed by atoms with Gasteiger partial charge in [0.15, 0.2) is 11.5 Å². The summed E-state index contributed by atoms with van der Waals surface area (Å²) in [7, 11) is 6.36. The molecule has 0 radical (unpaired) electrons. The van der Waals surface area contributed by atoms with Crippen molar-refractivity contribution in [3.8, 4) is 23.0 Å². The smallest absolute Gasteiger partial charge is 0.247 e. The maximum atomic E-state index is 13.2. The van der Waals surface area contributed by atoms with Crippen LogP contribution in [0.25, 0.3) is 6.08 Å². The number of rotatable bonds is 10. The molecule has 1 aliphatic rings. The molecule has 6 heteroatoms. The Bertz CT molecular complexity index is 893. The topological polar surface area (TPSA) is 57.2 Å². The molecule has 1 fully saturated rings. The minimum absolute atomic E-state index is 0.0241. The first-order valence-corrected chi connectivity index (χ1v) is 10.4. The lowest BCUT2D eigenvalue weighted by Crippen LogP contribution is -2.38. The van der Waals surface area contributed by atoms with E-state index >= 15 is 0 Å². The molecule has 1 atom stereocenters. The Morgan fingerprint density at radius 3 is 2.10 bits per heavy atom. The molecule has 0 bridgehead atoms. The van der Waals surface area contributed by atoms with Gasteiger partial charge in [0.1, 0.15) is 5.75 Å². The summed E-state index contributed by atoms with van der Waals surface area (Å²) in [6.45, 7) is 2.69. The summed E-state index contributed by atoms with van der Waals surface area (Å²) in [5.74, 6) is 2.97. The summed E-state index contributed by atoms with van der Waals surface area (Å²) in [5.41, 5.74) is 1.87. The van der Waals surface area contributed by atoms with Gasteiger partial charge in [-0.15, -0.1) is 0 Å². The lowest BCUT2D eigenvalue weighted by Gasteiger charge is -2.28. The average molecular weight is 426 g/mol. The van der Waals surface area contributed by atoms with E-state index in [2.05, 4.69) is 6.92 Å². The zero-order chi connectivity index (χ0) is 22.4. The molecule has 1 aliphatic carbocycles. The monoisotopic (exact) mass is 425 g/mol. The lowest BCUT2D eigenvalue weighted by atomic mass is 10.1. The van der Waals surface area contributed by atoms with Crippen molar-refractivity contribution < 1.29 is 23.7 Å². The van der Waals surface area contributed by atoms with Gasteiger partial charge < -0.3 is 23.8 Å². The van der Waals surface area contributed by atoms with Crippen LogP contribution >= 0.6 is 0 Å². The molecule has 2 aromatic rings. The predicted octanol–water partition coefficient (Wildman–Crippen LogP) is 4.56. The van der Waals surface area contributed by atoms with Crippen LogP contribution in [0.3, 0.4) is 0 Å². The van der Waals surface area contributed by atoms with Crippen molar-refractivity contribution in [2.75, 3.05) is 28.4 Å². The number of carbonyl (C=O) groups excluding carboxylic acids is 1. The van der Waals surface area contributed by atoms with E-state index < -0.39 is 0 Å². The molecular formula is C25H31NO5. The van der Waals surface area contributed by atoms with E-state index in [4.69, 9.17) is 18.9 Å². The molecule has 6 nitrogen and oxygen atoms in total. The van der Waals surface area contributed by atoms with E-state index in [1.807, 2.05) is 41.3 Å². The first kappa shape index (κ1) is 22.5. The summed E-state index contributed by atoms with van der Waals surface area (Å²) >= 11 is 0. The molecular weight excluding hydrogens is 394 g/mol. The van der Waals surface area contributed by atoms with Crippen LogP contribution < -0.4 is 18.9 Å². The molecule has 3 rings (SSSR count).